The van der Waals surface area contributed by atoms with Gasteiger partial charge in [0.1, 0.15) is 11.8 Å². The van der Waals surface area contributed by atoms with Crippen molar-refractivity contribution in [1.29, 1.82) is 0 Å². The van der Waals surface area contributed by atoms with E-state index in [1.54, 1.807) is 25.1 Å². The Bertz CT molecular complexity index is 762. The minimum atomic E-state index is -3.42. The number of benzene rings is 1. The van der Waals surface area contributed by atoms with Crippen LogP contribution < -0.4 is 10.1 Å². The molecule has 1 aliphatic heterocycles. The summed E-state index contributed by atoms with van der Waals surface area (Å²) in [5.41, 5.74) is 1.30. The zero-order valence-electron chi connectivity index (χ0n) is 14.4. The highest BCUT2D eigenvalue weighted by atomic mass is 32.2. The highest BCUT2D eigenvalue weighted by molar-refractivity contribution is 7.88. The van der Waals surface area contributed by atoms with Crippen LogP contribution in [0.1, 0.15) is 18.4 Å². The van der Waals surface area contributed by atoms with Crippen LogP contribution in [-0.2, 0) is 24.3 Å². The number of ether oxygens (including phenoxy) is 2. The van der Waals surface area contributed by atoms with Gasteiger partial charge in [0.15, 0.2) is 6.61 Å². The third kappa shape index (κ3) is 4.93. The number of aryl methyl sites for hydroxylation is 1. The SMILES string of the molecule is COC(=O)COc1ccc(NC(=O)C2CCCN2S(C)(=O)=O)c(C)c1. The molecular weight excluding hydrogens is 348 g/mol. The number of nitrogens with one attached hydrogen (secondary N) is 1. The van der Waals surface area contributed by atoms with Crippen molar-refractivity contribution in [3.63, 3.8) is 0 Å². The second-order valence-electron chi connectivity index (χ2n) is 5.86. The number of rotatable bonds is 6. The molecule has 1 aliphatic rings. The Morgan fingerprint density at radius 1 is 1.36 bits per heavy atom. The summed E-state index contributed by atoms with van der Waals surface area (Å²) in [6.07, 6.45) is 2.26. The van der Waals surface area contributed by atoms with Crippen molar-refractivity contribution in [2.24, 2.45) is 0 Å². The molecule has 0 spiro atoms. The Hall–Kier alpha value is -2.13. The van der Waals surface area contributed by atoms with E-state index in [1.807, 2.05) is 0 Å². The summed E-state index contributed by atoms with van der Waals surface area (Å²) >= 11 is 0. The van der Waals surface area contributed by atoms with E-state index in [-0.39, 0.29) is 12.5 Å². The van der Waals surface area contributed by atoms with Crippen molar-refractivity contribution in [2.45, 2.75) is 25.8 Å². The summed E-state index contributed by atoms with van der Waals surface area (Å²) in [6.45, 7) is 1.94. The van der Waals surface area contributed by atoms with Gasteiger partial charge in [-0.05, 0) is 43.5 Å². The number of esters is 1. The quantitative estimate of drug-likeness (QED) is 0.747. The van der Waals surface area contributed by atoms with E-state index < -0.39 is 22.0 Å². The van der Waals surface area contributed by atoms with Gasteiger partial charge in [-0.25, -0.2) is 13.2 Å². The second kappa shape index (κ2) is 7.83. The van der Waals surface area contributed by atoms with Crippen molar-refractivity contribution in [1.82, 2.24) is 4.31 Å². The number of nitrogens with zero attached hydrogens (tertiary/aromatic N) is 1. The van der Waals surface area contributed by atoms with Crippen LogP contribution in [0.2, 0.25) is 0 Å². The fourth-order valence-corrected chi connectivity index (χ4v) is 3.81. The van der Waals surface area contributed by atoms with Crippen LogP contribution in [0.5, 0.6) is 5.75 Å². The lowest BCUT2D eigenvalue weighted by Gasteiger charge is -2.21. The lowest BCUT2D eigenvalue weighted by atomic mass is 10.1. The van der Waals surface area contributed by atoms with Gasteiger partial charge in [0.05, 0.1) is 13.4 Å². The summed E-state index contributed by atoms with van der Waals surface area (Å²) in [5.74, 6) is -0.370. The fraction of sp³-hybridized carbons (Fsp3) is 0.500. The van der Waals surface area contributed by atoms with E-state index in [0.717, 1.165) is 11.8 Å². The van der Waals surface area contributed by atoms with E-state index >= 15 is 0 Å². The number of carbonyl (C=O) groups excluding carboxylic acids is 2. The minimum Gasteiger partial charge on any atom is -0.482 e. The maximum atomic E-state index is 12.5. The van der Waals surface area contributed by atoms with Crippen molar-refractivity contribution in [3.05, 3.63) is 23.8 Å². The van der Waals surface area contributed by atoms with E-state index in [1.165, 1.54) is 11.4 Å². The summed E-state index contributed by atoms with van der Waals surface area (Å²) in [6, 6.07) is 4.26. The summed E-state index contributed by atoms with van der Waals surface area (Å²) in [7, 11) is -2.14. The van der Waals surface area contributed by atoms with Crippen LogP contribution in [0.25, 0.3) is 0 Å². The molecule has 25 heavy (non-hydrogen) atoms. The number of anilines is 1. The number of hydrogen-bond donors (Lipinski definition) is 1. The molecule has 1 N–H and O–H groups in total. The predicted molar refractivity (Wildman–Crippen MR) is 91.9 cm³/mol. The van der Waals surface area contributed by atoms with E-state index in [9.17, 15) is 18.0 Å². The smallest absolute Gasteiger partial charge is 0.343 e. The first-order chi connectivity index (χ1) is 11.7. The van der Waals surface area contributed by atoms with Crippen molar-refractivity contribution in [3.8, 4) is 5.75 Å². The topological polar surface area (TPSA) is 102 Å². The predicted octanol–water partition coefficient (Wildman–Crippen LogP) is 0.909. The Kier molecular flexibility index (Phi) is 6.02. The standard InChI is InChI=1S/C16H22N2O6S/c1-11-9-12(24-10-15(19)23-2)6-7-13(11)17-16(20)14-5-4-8-18(14)25(3,21)22/h6-7,9,14H,4-5,8,10H2,1-3H3,(H,17,20). The third-order valence-corrected chi connectivity index (χ3v) is 5.26. The molecule has 1 unspecified atom stereocenters. The molecule has 138 valence electrons. The Labute approximate surface area is 147 Å². The van der Waals surface area contributed by atoms with Crippen LogP contribution in [-0.4, -0.2) is 57.2 Å². The van der Waals surface area contributed by atoms with Gasteiger partial charge in [-0.1, -0.05) is 0 Å². The summed E-state index contributed by atoms with van der Waals surface area (Å²) < 4.78 is 34.5. The lowest BCUT2D eigenvalue weighted by molar-refractivity contribution is -0.142. The van der Waals surface area contributed by atoms with Gasteiger partial charge in [-0.2, -0.15) is 4.31 Å². The molecule has 9 heteroatoms. The molecular formula is C16H22N2O6S. The fourth-order valence-electron chi connectivity index (χ4n) is 2.68. The average Bonchev–Trinajstić information content (AvgIpc) is 3.04. The zero-order valence-corrected chi connectivity index (χ0v) is 15.3. The lowest BCUT2D eigenvalue weighted by Crippen LogP contribution is -2.42. The molecule has 0 aliphatic carbocycles. The van der Waals surface area contributed by atoms with Gasteiger partial charge in [0, 0.05) is 12.2 Å². The summed E-state index contributed by atoms with van der Waals surface area (Å²) in [5, 5.41) is 2.77. The van der Waals surface area contributed by atoms with Crippen LogP contribution in [0.4, 0.5) is 5.69 Å². The molecule has 0 saturated carbocycles. The van der Waals surface area contributed by atoms with Gasteiger partial charge in [-0.3, -0.25) is 4.79 Å². The monoisotopic (exact) mass is 370 g/mol. The maximum Gasteiger partial charge on any atom is 0.343 e. The van der Waals surface area contributed by atoms with Crippen molar-refractivity contribution >= 4 is 27.6 Å². The minimum absolute atomic E-state index is 0.201. The van der Waals surface area contributed by atoms with Crippen LogP contribution >= 0.6 is 0 Å². The second-order valence-corrected chi connectivity index (χ2v) is 7.80. The molecule has 0 radical (unpaired) electrons. The van der Waals surface area contributed by atoms with Gasteiger partial charge in [0.2, 0.25) is 15.9 Å². The van der Waals surface area contributed by atoms with Gasteiger partial charge in [-0.15, -0.1) is 0 Å². The first kappa shape index (κ1) is 19.2. The van der Waals surface area contributed by atoms with Gasteiger partial charge in [0.25, 0.3) is 0 Å². The third-order valence-electron chi connectivity index (χ3n) is 3.97. The Morgan fingerprint density at radius 3 is 2.68 bits per heavy atom. The molecule has 1 aromatic carbocycles. The molecule has 8 nitrogen and oxygen atoms in total. The molecule has 1 fully saturated rings. The molecule has 1 atom stereocenters. The zero-order chi connectivity index (χ0) is 18.6. The van der Waals surface area contributed by atoms with Gasteiger partial charge < -0.3 is 14.8 Å². The van der Waals surface area contributed by atoms with Crippen molar-refractivity contribution in [2.75, 3.05) is 31.8 Å². The van der Waals surface area contributed by atoms with E-state index in [0.29, 0.717) is 30.8 Å². The molecule has 1 amide bonds. The number of methoxy groups -OCH3 is 1. The molecule has 1 saturated heterocycles. The number of sulfonamides is 1. The van der Waals surface area contributed by atoms with Crippen LogP contribution in [0.3, 0.4) is 0 Å². The highest BCUT2D eigenvalue weighted by Gasteiger charge is 2.36. The Morgan fingerprint density at radius 2 is 2.08 bits per heavy atom. The largest absolute Gasteiger partial charge is 0.482 e. The van der Waals surface area contributed by atoms with Gasteiger partial charge >= 0.3 is 5.97 Å². The summed E-state index contributed by atoms with van der Waals surface area (Å²) in [4.78, 5) is 23.5. The molecule has 0 aromatic heterocycles. The number of hydrogen-bond acceptors (Lipinski definition) is 6. The van der Waals surface area contributed by atoms with E-state index in [2.05, 4.69) is 10.1 Å². The van der Waals surface area contributed by atoms with Crippen molar-refractivity contribution < 1.29 is 27.5 Å². The first-order valence-electron chi connectivity index (χ1n) is 7.80. The van der Waals surface area contributed by atoms with E-state index in [4.69, 9.17) is 4.74 Å². The molecule has 2 rings (SSSR count). The normalized spacial score (nSPS) is 18.0. The number of carbonyl (C=O) groups is 2. The molecule has 1 heterocycles. The van der Waals surface area contributed by atoms with Crippen LogP contribution in [0.15, 0.2) is 18.2 Å². The highest BCUT2D eigenvalue weighted by Crippen LogP contribution is 2.25. The first-order valence-corrected chi connectivity index (χ1v) is 9.65. The maximum absolute atomic E-state index is 12.5. The Balaban J connectivity index is 2.05. The number of amides is 1. The van der Waals surface area contributed by atoms with Crippen LogP contribution in [0, 0.1) is 6.92 Å². The molecule has 1 aromatic rings. The molecule has 0 bridgehead atoms. The average molecular weight is 370 g/mol.